The average Bonchev–Trinajstić information content (AvgIpc) is 3.62. The quantitative estimate of drug-likeness (QED) is 0.249. The first kappa shape index (κ1) is 35.0. The summed E-state index contributed by atoms with van der Waals surface area (Å²) in [5.41, 5.74) is 0.965. The van der Waals surface area contributed by atoms with E-state index in [0.29, 0.717) is 41.1 Å². The van der Waals surface area contributed by atoms with Crippen molar-refractivity contribution < 1.29 is 23.5 Å². The van der Waals surface area contributed by atoms with Crippen LogP contribution in [-0.4, -0.2) is 79.6 Å². The van der Waals surface area contributed by atoms with Crippen molar-refractivity contribution in [1.29, 1.82) is 0 Å². The molecule has 3 atom stereocenters. The number of hydrogen-bond donors (Lipinski definition) is 4. The van der Waals surface area contributed by atoms with Gasteiger partial charge in [-0.15, -0.1) is 0 Å². The number of rotatable bonds is 10. The third kappa shape index (κ3) is 7.52. The molecule has 0 saturated carbocycles. The zero-order valence-electron chi connectivity index (χ0n) is 28.7. The first-order valence-electron chi connectivity index (χ1n) is 16.7. The zero-order chi connectivity index (χ0) is 34.6. The van der Waals surface area contributed by atoms with Crippen LogP contribution >= 0.6 is 0 Å². The summed E-state index contributed by atoms with van der Waals surface area (Å²) in [7, 11) is 3.11. The predicted molar refractivity (Wildman–Crippen MR) is 185 cm³/mol. The van der Waals surface area contributed by atoms with Crippen molar-refractivity contribution in [3.8, 4) is 5.75 Å². The van der Waals surface area contributed by atoms with Crippen LogP contribution in [-0.2, 0) is 14.4 Å². The highest BCUT2D eigenvalue weighted by Gasteiger charge is 2.42. The zero-order valence-corrected chi connectivity index (χ0v) is 28.7. The maximum Gasteiger partial charge on any atom is 0.257 e. The van der Waals surface area contributed by atoms with Crippen LogP contribution in [0.5, 0.6) is 5.75 Å². The summed E-state index contributed by atoms with van der Waals surface area (Å²) < 4.78 is 21.1. The predicted octanol–water partition coefficient (Wildman–Crippen LogP) is 4.26. The molecule has 258 valence electrons. The third-order valence-corrected chi connectivity index (χ3v) is 9.11. The Morgan fingerprint density at radius 3 is 2.46 bits per heavy atom. The normalized spacial score (nSPS) is 17.9. The summed E-state index contributed by atoms with van der Waals surface area (Å²) in [6.45, 7) is 9.48. The fourth-order valence-electron chi connectivity index (χ4n) is 6.20. The number of nitrogens with zero attached hydrogens (tertiary/aromatic N) is 4. The molecule has 0 spiro atoms. The van der Waals surface area contributed by atoms with E-state index >= 15 is 4.39 Å². The molecule has 2 fully saturated rings. The van der Waals surface area contributed by atoms with Gasteiger partial charge in [-0.25, -0.2) is 19.3 Å². The Morgan fingerprint density at radius 2 is 1.83 bits per heavy atom. The van der Waals surface area contributed by atoms with Gasteiger partial charge in [-0.05, 0) is 82.3 Å². The van der Waals surface area contributed by atoms with Crippen LogP contribution in [0.3, 0.4) is 0 Å². The first-order valence-corrected chi connectivity index (χ1v) is 16.7. The number of piperidine rings is 1. The van der Waals surface area contributed by atoms with Crippen molar-refractivity contribution in [2.24, 2.45) is 5.41 Å². The Hall–Kier alpha value is -4.36. The number of methoxy groups -OCH3 is 1. The van der Waals surface area contributed by atoms with Gasteiger partial charge in [0, 0.05) is 30.2 Å². The van der Waals surface area contributed by atoms with E-state index in [1.165, 1.54) is 19.5 Å². The van der Waals surface area contributed by atoms with Gasteiger partial charge < -0.3 is 30.9 Å². The van der Waals surface area contributed by atoms with Crippen LogP contribution in [0.2, 0.25) is 0 Å². The van der Waals surface area contributed by atoms with E-state index in [9.17, 15) is 14.4 Å². The molecule has 3 amide bonds. The molecule has 1 aromatic heterocycles. The number of halogens is 1. The maximum absolute atomic E-state index is 15.3. The number of benzene rings is 2. The SMILES string of the molecule is CN[C@@H](C)C(=O)N[C@H](C(=O)N(C(=O)[C@@H]1CCCN1)c1cc2c(Nc3ccc(N4CCCCC4)c(F)c3)ncnc2cc1OC)C(C)(C)C. The van der Waals surface area contributed by atoms with E-state index in [-0.39, 0.29) is 23.2 Å². The number of hydrogen-bond acceptors (Lipinski definition) is 10. The molecule has 2 aliphatic heterocycles. The third-order valence-electron chi connectivity index (χ3n) is 9.11. The van der Waals surface area contributed by atoms with Crippen LogP contribution < -0.4 is 35.8 Å². The molecule has 0 aliphatic carbocycles. The maximum atomic E-state index is 15.3. The van der Waals surface area contributed by atoms with E-state index < -0.39 is 35.4 Å². The van der Waals surface area contributed by atoms with Crippen molar-refractivity contribution in [1.82, 2.24) is 25.9 Å². The van der Waals surface area contributed by atoms with E-state index in [2.05, 4.69) is 36.1 Å². The summed E-state index contributed by atoms with van der Waals surface area (Å²) in [6.07, 6.45) is 5.94. The van der Waals surface area contributed by atoms with E-state index in [1.807, 2.05) is 20.8 Å². The molecule has 3 heterocycles. The van der Waals surface area contributed by atoms with Gasteiger partial charge in [-0.3, -0.25) is 14.4 Å². The standard InChI is InChI=1S/C35H47FN8O4/c1-21(37-5)32(45)42-30(35(2,3)4)34(47)44(33(46)25-11-10-14-38-25)28-18-23-26(19-29(28)48-6)39-20-40-31(23)41-22-12-13-27(24(36)17-22)43-15-8-7-9-16-43/h12-13,17-21,25,30,37-38H,7-11,14-16H2,1-6H3,(H,42,45)(H,39,40,41)/t21-,25-,30+/m0/s1. The van der Waals surface area contributed by atoms with Gasteiger partial charge in [0.15, 0.2) is 0 Å². The van der Waals surface area contributed by atoms with Gasteiger partial charge in [0.1, 0.15) is 29.8 Å². The van der Waals surface area contributed by atoms with Gasteiger partial charge in [0.05, 0.1) is 36.1 Å². The van der Waals surface area contributed by atoms with E-state index in [0.717, 1.165) is 43.7 Å². The van der Waals surface area contributed by atoms with Gasteiger partial charge >= 0.3 is 0 Å². The van der Waals surface area contributed by atoms with Crippen molar-refractivity contribution in [2.75, 3.05) is 48.9 Å². The smallest absolute Gasteiger partial charge is 0.257 e. The number of nitrogens with one attached hydrogen (secondary N) is 4. The largest absolute Gasteiger partial charge is 0.494 e. The van der Waals surface area contributed by atoms with E-state index in [1.54, 1.807) is 38.2 Å². The van der Waals surface area contributed by atoms with Crippen molar-refractivity contribution in [3.05, 3.63) is 42.5 Å². The van der Waals surface area contributed by atoms with Crippen LogP contribution in [0.15, 0.2) is 36.7 Å². The highest BCUT2D eigenvalue weighted by atomic mass is 19.1. The van der Waals surface area contributed by atoms with Crippen molar-refractivity contribution in [3.63, 3.8) is 0 Å². The second-order valence-corrected chi connectivity index (χ2v) is 13.6. The minimum atomic E-state index is -1.06. The second kappa shape index (κ2) is 14.8. The highest BCUT2D eigenvalue weighted by molar-refractivity contribution is 6.20. The Balaban J connectivity index is 1.58. The topological polar surface area (TPSA) is 141 Å². The lowest BCUT2D eigenvalue weighted by atomic mass is 9.85. The molecule has 4 N–H and O–H groups in total. The van der Waals surface area contributed by atoms with Crippen LogP contribution in [0.25, 0.3) is 10.9 Å². The molecule has 2 aromatic carbocycles. The number of ether oxygens (including phenoxy) is 1. The molecule has 48 heavy (non-hydrogen) atoms. The Bertz CT molecular complexity index is 1650. The number of likely N-dealkylation sites (N-methyl/N-ethyl adjacent to an activating group) is 1. The van der Waals surface area contributed by atoms with Crippen LogP contribution in [0.4, 0.5) is 27.3 Å². The van der Waals surface area contributed by atoms with Gasteiger partial charge in [-0.1, -0.05) is 20.8 Å². The minimum absolute atomic E-state index is 0.184. The number of aromatic nitrogens is 2. The summed E-state index contributed by atoms with van der Waals surface area (Å²) in [5, 5.41) is 12.7. The van der Waals surface area contributed by atoms with Crippen LogP contribution in [0.1, 0.15) is 59.8 Å². The number of imide groups is 1. The van der Waals surface area contributed by atoms with Gasteiger partial charge in [-0.2, -0.15) is 0 Å². The van der Waals surface area contributed by atoms with Crippen molar-refractivity contribution >= 4 is 51.5 Å². The Kier molecular flexibility index (Phi) is 10.8. The minimum Gasteiger partial charge on any atom is -0.494 e. The number of amides is 3. The molecule has 0 unspecified atom stereocenters. The highest BCUT2D eigenvalue weighted by Crippen LogP contribution is 2.38. The number of anilines is 4. The lowest BCUT2D eigenvalue weighted by molar-refractivity contribution is -0.134. The fourth-order valence-corrected chi connectivity index (χ4v) is 6.20. The van der Waals surface area contributed by atoms with E-state index in [4.69, 9.17) is 4.74 Å². The molecular weight excluding hydrogens is 615 g/mol. The number of carbonyl (C=O) groups excluding carboxylic acids is 3. The fraction of sp³-hybridized carbons (Fsp3) is 0.514. The summed E-state index contributed by atoms with van der Waals surface area (Å²) in [5.74, 6) is -1.17. The monoisotopic (exact) mass is 662 g/mol. The molecule has 0 radical (unpaired) electrons. The second-order valence-electron chi connectivity index (χ2n) is 13.6. The summed E-state index contributed by atoms with van der Waals surface area (Å²) in [6, 6.07) is 6.06. The van der Waals surface area contributed by atoms with Gasteiger partial charge in [0.25, 0.3) is 11.8 Å². The lowest BCUT2D eigenvalue weighted by Crippen LogP contribution is -2.60. The van der Waals surface area contributed by atoms with Crippen LogP contribution in [0, 0.1) is 11.2 Å². The van der Waals surface area contributed by atoms with Crippen molar-refractivity contribution in [2.45, 2.75) is 77.9 Å². The molecular formula is C35H47FN8O4. The Morgan fingerprint density at radius 1 is 1.08 bits per heavy atom. The Labute approximate surface area is 281 Å². The number of fused-ring (bicyclic) bond motifs is 1. The molecule has 2 saturated heterocycles. The summed E-state index contributed by atoms with van der Waals surface area (Å²) >= 11 is 0. The molecule has 13 heteroatoms. The number of carbonyl (C=O) groups is 3. The molecule has 5 rings (SSSR count). The van der Waals surface area contributed by atoms with Gasteiger partial charge in [0.2, 0.25) is 5.91 Å². The molecule has 12 nitrogen and oxygen atoms in total. The lowest BCUT2D eigenvalue weighted by Gasteiger charge is -2.36. The molecule has 0 bridgehead atoms. The molecule has 3 aromatic rings. The average molecular weight is 663 g/mol. The first-order chi connectivity index (χ1) is 22.9. The summed E-state index contributed by atoms with van der Waals surface area (Å²) in [4.78, 5) is 54.0. The molecule has 2 aliphatic rings.